The largest absolute Gasteiger partial charge is 0.476 e. The molecule has 0 spiro atoms. The molecule has 3 nitrogen and oxygen atoms in total. The van der Waals surface area contributed by atoms with E-state index in [1.165, 1.54) is 6.20 Å². The van der Waals surface area contributed by atoms with Crippen molar-refractivity contribution < 1.29 is 9.90 Å². The van der Waals surface area contributed by atoms with E-state index in [2.05, 4.69) is 11.1 Å². The molecule has 0 bridgehead atoms. The zero-order chi connectivity index (χ0) is 8.43. The third kappa shape index (κ3) is 1.82. The number of carboxylic acid groups (broad SMARTS) is 1. The molecule has 0 fully saturated rings. The Bertz CT molecular complexity index is 301. The van der Waals surface area contributed by atoms with Gasteiger partial charge in [0.2, 0.25) is 0 Å². The van der Waals surface area contributed by atoms with Crippen molar-refractivity contribution in [2.24, 2.45) is 0 Å². The molecule has 0 aliphatic rings. The lowest BCUT2D eigenvalue weighted by atomic mass is 10.3. The molecule has 1 rings (SSSR count). The van der Waals surface area contributed by atoms with Gasteiger partial charge in [0.05, 0.1) is 10.0 Å². The highest BCUT2D eigenvalue weighted by molar-refractivity contribution is 6.35. The molecule has 1 heterocycles. The predicted octanol–water partition coefficient (Wildman–Crippen LogP) is 1.89. The van der Waals surface area contributed by atoms with Crippen molar-refractivity contribution in [1.29, 1.82) is 0 Å². The molecule has 5 heteroatoms. The third-order valence-electron chi connectivity index (χ3n) is 0.947. The lowest BCUT2D eigenvalue weighted by Gasteiger charge is -1.95. The predicted molar refractivity (Wildman–Crippen MR) is 40.1 cm³/mol. The zero-order valence-corrected chi connectivity index (χ0v) is 6.65. The highest BCUT2D eigenvalue weighted by Crippen LogP contribution is 2.16. The molecule has 11 heavy (non-hydrogen) atoms. The highest BCUT2D eigenvalue weighted by atomic mass is 35.5. The van der Waals surface area contributed by atoms with E-state index in [-0.39, 0.29) is 15.7 Å². The summed E-state index contributed by atoms with van der Waals surface area (Å²) in [7, 11) is 0. The second-order valence-electron chi connectivity index (χ2n) is 1.70. The minimum atomic E-state index is -1.19. The Morgan fingerprint density at radius 2 is 2.27 bits per heavy atom. The molecule has 0 aliphatic heterocycles. The zero-order valence-electron chi connectivity index (χ0n) is 5.14. The summed E-state index contributed by atoms with van der Waals surface area (Å²) in [5, 5.41) is 8.56. The summed E-state index contributed by atoms with van der Waals surface area (Å²) < 4.78 is 0. The summed E-state index contributed by atoms with van der Waals surface area (Å²) in [5.41, 5.74) is -0.240. The van der Waals surface area contributed by atoms with E-state index in [4.69, 9.17) is 28.3 Å². The number of hydrogen-bond donors (Lipinski definition) is 1. The molecule has 0 aliphatic carbocycles. The van der Waals surface area contributed by atoms with Crippen LogP contribution in [0.4, 0.5) is 0 Å². The molecule has 0 atom stereocenters. The van der Waals surface area contributed by atoms with E-state index in [0.29, 0.717) is 0 Å². The van der Waals surface area contributed by atoms with Crippen LogP contribution in [0.15, 0.2) is 6.20 Å². The lowest BCUT2D eigenvalue weighted by molar-refractivity contribution is 0.0690. The second kappa shape index (κ2) is 3.07. The van der Waals surface area contributed by atoms with Crippen LogP contribution in [0.5, 0.6) is 0 Å². The van der Waals surface area contributed by atoms with Crippen molar-refractivity contribution in [2.75, 3.05) is 0 Å². The average molecular weight is 191 g/mol. The molecule has 0 saturated heterocycles. The summed E-state index contributed by atoms with van der Waals surface area (Å²) in [5.74, 6) is -1.19. The van der Waals surface area contributed by atoms with Crippen LogP contribution in [-0.4, -0.2) is 16.1 Å². The van der Waals surface area contributed by atoms with Gasteiger partial charge < -0.3 is 5.11 Å². The van der Waals surface area contributed by atoms with Gasteiger partial charge in [-0.25, -0.2) is 9.78 Å². The number of halogens is 2. The SMILES string of the molecule is O=C(O)c1ncc(Cl)[c]c1Cl. The summed E-state index contributed by atoms with van der Waals surface area (Å²) >= 11 is 10.9. The molecular weight excluding hydrogens is 189 g/mol. The Labute approximate surface area is 72.6 Å². The van der Waals surface area contributed by atoms with Crippen LogP contribution in [0.3, 0.4) is 0 Å². The van der Waals surface area contributed by atoms with E-state index in [9.17, 15) is 4.79 Å². The number of rotatable bonds is 1. The van der Waals surface area contributed by atoms with Crippen LogP contribution in [0.2, 0.25) is 10.0 Å². The van der Waals surface area contributed by atoms with E-state index >= 15 is 0 Å². The van der Waals surface area contributed by atoms with Crippen LogP contribution in [0, 0.1) is 6.07 Å². The number of carboxylic acids is 1. The van der Waals surface area contributed by atoms with Crippen LogP contribution in [-0.2, 0) is 0 Å². The maximum absolute atomic E-state index is 10.3. The average Bonchev–Trinajstić information content (AvgIpc) is 1.85. The number of nitrogens with zero attached hydrogens (tertiary/aromatic N) is 1. The summed E-state index contributed by atoms with van der Waals surface area (Å²) in [6.45, 7) is 0. The number of pyridine rings is 1. The first-order valence-corrected chi connectivity index (χ1v) is 3.33. The smallest absolute Gasteiger partial charge is 0.356 e. The summed E-state index contributed by atoms with van der Waals surface area (Å²) in [6, 6.07) is 2.41. The molecule has 1 N–H and O–H groups in total. The maximum atomic E-state index is 10.3. The minimum absolute atomic E-state index is 0.0787. The van der Waals surface area contributed by atoms with Crippen molar-refractivity contribution >= 4 is 29.2 Å². The van der Waals surface area contributed by atoms with Gasteiger partial charge in [-0.1, -0.05) is 23.2 Å². The quantitative estimate of drug-likeness (QED) is 0.737. The molecule has 57 valence electrons. The van der Waals surface area contributed by atoms with Crippen LogP contribution < -0.4 is 0 Å². The first-order chi connectivity index (χ1) is 5.11. The van der Waals surface area contributed by atoms with Crippen LogP contribution in [0.25, 0.3) is 0 Å². The summed E-state index contributed by atoms with van der Waals surface area (Å²) in [6.07, 6.45) is 1.18. The lowest BCUT2D eigenvalue weighted by Crippen LogP contribution is -2.00. The Kier molecular flexibility index (Phi) is 2.31. The van der Waals surface area contributed by atoms with Crippen LogP contribution >= 0.6 is 23.2 Å². The van der Waals surface area contributed by atoms with Crippen molar-refractivity contribution in [3.8, 4) is 0 Å². The van der Waals surface area contributed by atoms with E-state index in [1.807, 2.05) is 0 Å². The number of carbonyl (C=O) groups is 1. The molecule has 1 aromatic rings. The van der Waals surface area contributed by atoms with Gasteiger partial charge in [-0.3, -0.25) is 0 Å². The van der Waals surface area contributed by atoms with Gasteiger partial charge in [-0.05, 0) is 0 Å². The molecule has 0 unspecified atom stereocenters. The van der Waals surface area contributed by atoms with Gasteiger partial charge in [0.25, 0.3) is 0 Å². The van der Waals surface area contributed by atoms with Crippen molar-refractivity contribution in [2.45, 2.75) is 0 Å². The highest BCUT2D eigenvalue weighted by Gasteiger charge is 2.09. The van der Waals surface area contributed by atoms with Crippen LogP contribution in [0.1, 0.15) is 10.5 Å². The molecule has 0 saturated carbocycles. The monoisotopic (exact) mass is 190 g/mol. The fourth-order valence-corrected chi connectivity index (χ4v) is 0.946. The van der Waals surface area contributed by atoms with E-state index < -0.39 is 5.97 Å². The van der Waals surface area contributed by atoms with Gasteiger partial charge in [0, 0.05) is 12.3 Å². The molecule has 1 radical (unpaired) electrons. The van der Waals surface area contributed by atoms with Gasteiger partial charge in [0.15, 0.2) is 5.69 Å². The fourth-order valence-electron chi connectivity index (χ4n) is 0.523. The Balaban J connectivity index is 3.20. The first-order valence-electron chi connectivity index (χ1n) is 2.58. The fraction of sp³-hybridized carbons (Fsp3) is 0. The minimum Gasteiger partial charge on any atom is -0.476 e. The van der Waals surface area contributed by atoms with E-state index in [0.717, 1.165) is 0 Å². The van der Waals surface area contributed by atoms with E-state index in [1.54, 1.807) is 0 Å². The first kappa shape index (κ1) is 8.30. The molecule has 0 amide bonds. The molecule has 1 aromatic heterocycles. The van der Waals surface area contributed by atoms with Crippen molar-refractivity contribution in [3.63, 3.8) is 0 Å². The summed E-state index contributed by atoms with van der Waals surface area (Å²) in [4.78, 5) is 13.8. The van der Waals surface area contributed by atoms with Gasteiger partial charge in [0.1, 0.15) is 0 Å². The van der Waals surface area contributed by atoms with Gasteiger partial charge >= 0.3 is 5.97 Å². The Hall–Kier alpha value is -0.800. The number of aromatic carboxylic acids is 1. The Morgan fingerprint density at radius 1 is 1.64 bits per heavy atom. The molecule has 0 aromatic carbocycles. The van der Waals surface area contributed by atoms with Crippen molar-refractivity contribution in [3.05, 3.63) is 28.0 Å². The third-order valence-corrected chi connectivity index (χ3v) is 1.41. The maximum Gasteiger partial charge on any atom is 0.356 e. The standard InChI is InChI=1S/C6H2Cl2NO2/c7-3-1-4(8)5(6(10)11)9-2-3/h2H,(H,10,11). The van der Waals surface area contributed by atoms with Gasteiger partial charge in [-0.2, -0.15) is 0 Å². The normalized spacial score (nSPS) is 9.64. The Morgan fingerprint density at radius 3 is 2.73 bits per heavy atom. The van der Waals surface area contributed by atoms with Gasteiger partial charge in [-0.15, -0.1) is 0 Å². The second-order valence-corrected chi connectivity index (χ2v) is 2.48. The number of hydrogen-bond acceptors (Lipinski definition) is 2. The van der Waals surface area contributed by atoms with Crippen molar-refractivity contribution in [1.82, 2.24) is 4.98 Å². The molecular formula is C6H2Cl2NO2. The number of aromatic nitrogens is 1. The topological polar surface area (TPSA) is 50.2 Å².